The Hall–Kier alpha value is -0.960. The van der Waals surface area contributed by atoms with Gasteiger partial charge in [0.25, 0.3) is 0 Å². The molecule has 0 fully saturated rings. The number of unbranched alkanes of at least 4 members (excludes halogenated alkanes) is 2. The van der Waals surface area contributed by atoms with Crippen molar-refractivity contribution in [2.75, 3.05) is 5.75 Å². The summed E-state index contributed by atoms with van der Waals surface area (Å²) < 4.78 is 0. The first kappa shape index (κ1) is 12.1. The zero-order valence-electron chi connectivity index (χ0n) is 8.78. The van der Waals surface area contributed by atoms with Gasteiger partial charge in [-0.3, -0.25) is 4.79 Å². The van der Waals surface area contributed by atoms with E-state index in [1.165, 1.54) is 24.8 Å². The molecule has 15 heavy (non-hydrogen) atoms. The van der Waals surface area contributed by atoms with Crippen molar-refractivity contribution in [3.05, 3.63) is 35.4 Å². The van der Waals surface area contributed by atoms with Gasteiger partial charge in [0.2, 0.25) is 5.91 Å². The summed E-state index contributed by atoms with van der Waals surface area (Å²) in [5, 5.41) is 0. The maximum Gasteiger partial charge on any atom is 0.248 e. The molecule has 0 saturated heterocycles. The van der Waals surface area contributed by atoms with Gasteiger partial charge in [0.15, 0.2) is 0 Å². The van der Waals surface area contributed by atoms with Crippen LogP contribution in [-0.4, -0.2) is 11.7 Å². The highest BCUT2D eigenvalue weighted by molar-refractivity contribution is 7.80. The third kappa shape index (κ3) is 4.38. The van der Waals surface area contributed by atoms with E-state index in [0.29, 0.717) is 5.56 Å². The van der Waals surface area contributed by atoms with E-state index in [-0.39, 0.29) is 5.91 Å². The summed E-state index contributed by atoms with van der Waals surface area (Å²) in [6, 6.07) is 7.52. The molecule has 2 nitrogen and oxygen atoms in total. The molecule has 0 aliphatic rings. The van der Waals surface area contributed by atoms with Crippen LogP contribution >= 0.6 is 12.6 Å². The minimum absolute atomic E-state index is 0.364. The number of thiol groups is 1. The summed E-state index contributed by atoms with van der Waals surface area (Å²) in [5.41, 5.74) is 7.00. The number of rotatable bonds is 6. The Morgan fingerprint density at radius 2 is 1.80 bits per heavy atom. The average Bonchev–Trinajstić information content (AvgIpc) is 2.25. The molecule has 1 aromatic carbocycles. The van der Waals surface area contributed by atoms with Crippen LogP contribution in [0.4, 0.5) is 0 Å². The van der Waals surface area contributed by atoms with E-state index in [1.54, 1.807) is 12.1 Å². The van der Waals surface area contributed by atoms with Crippen LogP contribution in [0.15, 0.2) is 24.3 Å². The van der Waals surface area contributed by atoms with Crippen LogP contribution in [0.25, 0.3) is 0 Å². The second kappa shape index (κ2) is 6.51. The fourth-order valence-electron chi connectivity index (χ4n) is 1.45. The minimum Gasteiger partial charge on any atom is -0.366 e. The second-order valence-electron chi connectivity index (χ2n) is 3.60. The van der Waals surface area contributed by atoms with Crippen LogP contribution in [0, 0.1) is 0 Å². The van der Waals surface area contributed by atoms with E-state index in [4.69, 9.17) is 5.73 Å². The van der Waals surface area contributed by atoms with Crippen molar-refractivity contribution in [2.24, 2.45) is 5.73 Å². The zero-order valence-corrected chi connectivity index (χ0v) is 9.67. The lowest BCUT2D eigenvalue weighted by atomic mass is 10.1. The fourth-order valence-corrected chi connectivity index (χ4v) is 1.68. The minimum atomic E-state index is -0.364. The van der Waals surface area contributed by atoms with Gasteiger partial charge in [-0.25, -0.2) is 0 Å². The highest BCUT2D eigenvalue weighted by Crippen LogP contribution is 2.08. The van der Waals surface area contributed by atoms with Gasteiger partial charge in [0.05, 0.1) is 0 Å². The molecule has 0 unspecified atom stereocenters. The Bertz CT molecular complexity index is 308. The normalized spacial score (nSPS) is 10.2. The molecule has 0 radical (unpaired) electrons. The van der Waals surface area contributed by atoms with Crippen molar-refractivity contribution < 1.29 is 4.79 Å². The Kier molecular flexibility index (Phi) is 5.26. The second-order valence-corrected chi connectivity index (χ2v) is 4.04. The molecule has 1 aromatic rings. The molecule has 1 rings (SSSR count). The lowest BCUT2D eigenvalue weighted by Crippen LogP contribution is -2.10. The van der Waals surface area contributed by atoms with Gasteiger partial charge in [-0.2, -0.15) is 12.6 Å². The number of primary amides is 1. The standard InChI is InChI=1S/C12H17NOS/c13-12(14)11-7-5-10(6-8-11)4-2-1-3-9-15/h5-8,15H,1-4,9H2,(H2,13,14). The zero-order chi connectivity index (χ0) is 11.1. The number of carbonyl (C=O) groups is 1. The number of aryl methyl sites for hydroxylation is 1. The smallest absolute Gasteiger partial charge is 0.248 e. The first-order valence-corrected chi connectivity index (χ1v) is 5.87. The molecule has 0 heterocycles. The van der Waals surface area contributed by atoms with E-state index in [0.717, 1.165) is 12.2 Å². The van der Waals surface area contributed by atoms with Crippen molar-refractivity contribution in [1.82, 2.24) is 0 Å². The van der Waals surface area contributed by atoms with E-state index in [9.17, 15) is 4.79 Å². The number of amides is 1. The number of nitrogens with two attached hydrogens (primary N) is 1. The molecular formula is C12H17NOS. The molecule has 82 valence electrons. The van der Waals surface area contributed by atoms with Gasteiger partial charge in [-0.15, -0.1) is 0 Å². The molecule has 0 spiro atoms. The molecule has 0 aliphatic heterocycles. The van der Waals surface area contributed by atoms with Crippen LogP contribution in [-0.2, 0) is 6.42 Å². The summed E-state index contributed by atoms with van der Waals surface area (Å²) in [5.74, 6) is 0.595. The van der Waals surface area contributed by atoms with E-state index >= 15 is 0 Å². The molecule has 3 heteroatoms. The van der Waals surface area contributed by atoms with E-state index in [2.05, 4.69) is 12.6 Å². The molecular weight excluding hydrogens is 206 g/mol. The number of hydrogen-bond acceptors (Lipinski definition) is 2. The van der Waals surface area contributed by atoms with E-state index < -0.39 is 0 Å². The summed E-state index contributed by atoms with van der Waals surface area (Å²) in [6.45, 7) is 0. The third-order valence-corrected chi connectivity index (χ3v) is 2.68. The fraction of sp³-hybridized carbons (Fsp3) is 0.417. The summed E-state index contributed by atoms with van der Waals surface area (Å²) in [6.07, 6.45) is 4.62. The van der Waals surface area contributed by atoms with Gasteiger partial charge in [-0.1, -0.05) is 18.6 Å². The Morgan fingerprint density at radius 1 is 1.13 bits per heavy atom. The maximum absolute atomic E-state index is 10.8. The molecule has 1 amide bonds. The maximum atomic E-state index is 10.8. The van der Waals surface area contributed by atoms with Crippen molar-refractivity contribution >= 4 is 18.5 Å². The van der Waals surface area contributed by atoms with E-state index in [1.807, 2.05) is 12.1 Å². The third-order valence-electron chi connectivity index (χ3n) is 2.36. The van der Waals surface area contributed by atoms with Crippen molar-refractivity contribution in [2.45, 2.75) is 25.7 Å². The van der Waals surface area contributed by atoms with Crippen LogP contribution in [0.1, 0.15) is 35.2 Å². The van der Waals surface area contributed by atoms with Crippen LogP contribution in [0.5, 0.6) is 0 Å². The topological polar surface area (TPSA) is 43.1 Å². The van der Waals surface area contributed by atoms with Crippen LogP contribution < -0.4 is 5.73 Å². The Balaban J connectivity index is 2.39. The number of benzene rings is 1. The summed E-state index contributed by atoms with van der Waals surface area (Å²) >= 11 is 4.17. The van der Waals surface area contributed by atoms with Gasteiger partial charge in [0, 0.05) is 5.56 Å². The van der Waals surface area contributed by atoms with Crippen LogP contribution in [0.2, 0.25) is 0 Å². The van der Waals surface area contributed by atoms with Gasteiger partial charge < -0.3 is 5.73 Å². The first-order chi connectivity index (χ1) is 7.24. The quantitative estimate of drug-likeness (QED) is 0.564. The Labute approximate surface area is 96.3 Å². The first-order valence-electron chi connectivity index (χ1n) is 5.23. The highest BCUT2D eigenvalue weighted by atomic mass is 32.1. The van der Waals surface area contributed by atoms with Gasteiger partial charge in [-0.05, 0) is 42.7 Å². The van der Waals surface area contributed by atoms with Gasteiger partial charge >= 0.3 is 0 Å². The molecule has 0 bridgehead atoms. The lowest BCUT2D eigenvalue weighted by Gasteiger charge is -2.01. The largest absolute Gasteiger partial charge is 0.366 e. The molecule has 0 aromatic heterocycles. The molecule has 0 aliphatic carbocycles. The average molecular weight is 223 g/mol. The monoisotopic (exact) mass is 223 g/mol. The summed E-state index contributed by atoms with van der Waals surface area (Å²) in [4.78, 5) is 10.8. The molecule has 0 saturated carbocycles. The highest BCUT2D eigenvalue weighted by Gasteiger charge is 1.99. The predicted octanol–water partition coefficient (Wildman–Crippen LogP) is 2.43. The van der Waals surface area contributed by atoms with Gasteiger partial charge in [0.1, 0.15) is 0 Å². The Morgan fingerprint density at radius 3 is 2.33 bits per heavy atom. The number of carbonyl (C=O) groups excluding carboxylic acids is 1. The van der Waals surface area contributed by atoms with Crippen molar-refractivity contribution in [3.8, 4) is 0 Å². The van der Waals surface area contributed by atoms with Crippen molar-refractivity contribution in [1.29, 1.82) is 0 Å². The van der Waals surface area contributed by atoms with Crippen molar-refractivity contribution in [3.63, 3.8) is 0 Å². The number of hydrogen-bond donors (Lipinski definition) is 2. The molecule has 0 atom stereocenters. The predicted molar refractivity (Wildman–Crippen MR) is 66.4 cm³/mol. The summed E-state index contributed by atoms with van der Waals surface area (Å²) in [7, 11) is 0. The lowest BCUT2D eigenvalue weighted by molar-refractivity contribution is 0.100. The SMILES string of the molecule is NC(=O)c1ccc(CCCCCS)cc1. The molecule has 2 N–H and O–H groups in total. The van der Waals surface area contributed by atoms with Crippen LogP contribution in [0.3, 0.4) is 0 Å².